The molecule has 0 fully saturated rings. The van der Waals surface area contributed by atoms with Gasteiger partial charge in [0.15, 0.2) is 0 Å². The van der Waals surface area contributed by atoms with Crippen molar-refractivity contribution in [2.24, 2.45) is 0 Å². The minimum absolute atomic E-state index is 0.0807. The maximum atomic E-state index is 11.4. The van der Waals surface area contributed by atoms with Gasteiger partial charge in [0.1, 0.15) is 17.5 Å². The summed E-state index contributed by atoms with van der Waals surface area (Å²) in [5, 5.41) is 5.65. The van der Waals surface area contributed by atoms with Crippen LogP contribution in [0.15, 0.2) is 18.2 Å². The van der Waals surface area contributed by atoms with Crippen LogP contribution in [0.2, 0.25) is 0 Å². The Morgan fingerprint density at radius 3 is 2.53 bits per heavy atom. The van der Waals surface area contributed by atoms with Crippen molar-refractivity contribution in [2.75, 3.05) is 26.6 Å². The van der Waals surface area contributed by atoms with Crippen molar-refractivity contribution in [3.8, 4) is 11.5 Å². The predicted octanol–water partition coefficient (Wildman–Crippen LogP) is 1.25. The Balaban J connectivity index is 2.87. The number of anilines is 1. The van der Waals surface area contributed by atoms with E-state index in [2.05, 4.69) is 10.6 Å². The highest BCUT2D eigenvalue weighted by molar-refractivity contribution is 5.84. The first-order chi connectivity index (χ1) is 8.12. The summed E-state index contributed by atoms with van der Waals surface area (Å²) in [4.78, 5) is 11.4. The van der Waals surface area contributed by atoms with E-state index in [4.69, 9.17) is 9.47 Å². The molecular weight excluding hydrogens is 220 g/mol. The van der Waals surface area contributed by atoms with Gasteiger partial charge in [-0.2, -0.15) is 0 Å². The number of carbonyl (C=O) groups excluding carboxylic acids is 1. The van der Waals surface area contributed by atoms with E-state index in [9.17, 15) is 4.79 Å². The Morgan fingerprint density at radius 2 is 2.00 bits per heavy atom. The van der Waals surface area contributed by atoms with Gasteiger partial charge in [-0.05, 0) is 19.1 Å². The smallest absolute Gasteiger partial charge is 0.241 e. The van der Waals surface area contributed by atoms with E-state index >= 15 is 0 Å². The van der Waals surface area contributed by atoms with Crippen LogP contribution in [-0.4, -0.2) is 33.2 Å². The second kappa shape index (κ2) is 5.98. The van der Waals surface area contributed by atoms with Gasteiger partial charge in [-0.1, -0.05) is 0 Å². The van der Waals surface area contributed by atoms with E-state index in [1.54, 1.807) is 40.3 Å². The van der Waals surface area contributed by atoms with E-state index in [0.29, 0.717) is 11.5 Å². The number of likely N-dealkylation sites (N-methyl/N-ethyl adjacent to an activating group) is 1. The molecule has 5 heteroatoms. The number of benzene rings is 1. The average molecular weight is 238 g/mol. The molecule has 1 amide bonds. The van der Waals surface area contributed by atoms with Crippen LogP contribution in [-0.2, 0) is 4.79 Å². The van der Waals surface area contributed by atoms with E-state index in [1.165, 1.54) is 0 Å². The lowest BCUT2D eigenvalue weighted by Crippen LogP contribution is -2.35. The maximum Gasteiger partial charge on any atom is 0.241 e. The Bertz CT molecular complexity index is 393. The summed E-state index contributed by atoms with van der Waals surface area (Å²) in [6.07, 6.45) is 0. The standard InChI is InChI=1S/C12H18N2O3/c1-8(12(15)13-2)14-10-6-5-9(16-3)7-11(10)17-4/h5-8,14H,1-4H3,(H,13,15). The summed E-state index contributed by atoms with van der Waals surface area (Å²) in [5.41, 5.74) is 0.754. The highest BCUT2D eigenvalue weighted by atomic mass is 16.5. The van der Waals surface area contributed by atoms with Crippen molar-refractivity contribution in [1.82, 2.24) is 5.32 Å². The zero-order chi connectivity index (χ0) is 12.8. The largest absolute Gasteiger partial charge is 0.497 e. The minimum atomic E-state index is -0.331. The monoisotopic (exact) mass is 238 g/mol. The van der Waals surface area contributed by atoms with E-state index in [1.807, 2.05) is 6.07 Å². The predicted molar refractivity (Wildman–Crippen MR) is 66.7 cm³/mol. The van der Waals surface area contributed by atoms with Crippen molar-refractivity contribution in [3.63, 3.8) is 0 Å². The van der Waals surface area contributed by atoms with Gasteiger partial charge >= 0.3 is 0 Å². The zero-order valence-electron chi connectivity index (χ0n) is 10.5. The molecule has 0 saturated heterocycles. The molecule has 94 valence electrons. The highest BCUT2D eigenvalue weighted by Crippen LogP contribution is 2.29. The van der Waals surface area contributed by atoms with Crippen molar-refractivity contribution in [1.29, 1.82) is 0 Å². The van der Waals surface area contributed by atoms with Crippen LogP contribution in [0, 0.1) is 0 Å². The molecule has 0 heterocycles. The van der Waals surface area contributed by atoms with E-state index in [0.717, 1.165) is 5.69 Å². The molecule has 2 N–H and O–H groups in total. The lowest BCUT2D eigenvalue weighted by atomic mass is 10.2. The average Bonchev–Trinajstić information content (AvgIpc) is 2.37. The fourth-order valence-corrected chi connectivity index (χ4v) is 1.43. The number of ether oxygens (including phenoxy) is 2. The van der Waals surface area contributed by atoms with Crippen molar-refractivity contribution in [3.05, 3.63) is 18.2 Å². The van der Waals surface area contributed by atoms with Gasteiger partial charge in [0.25, 0.3) is 0 Å². The third-order valence-corrected chi connectivity index (χ3v) is 2.42. The molecule has 1 unspecified atom stereocenters. The summed E-state index contributed by atoms with van der Waals surface area (Å²) in [6, 6.07) is 5.06. The second-order valence-corrected chi connectivity index (χ2v) is 3.55. The van der Waals surface area contributed by atoms with Crippen LogP contribution in [0.5, 0.6) is 11.5 Å². The number of rotatable bonds is 5. The molecule has 0 aromatic heterocycles. The molecular formula is C12H18N2O3. The lowest BCUT2D eigenvalue weighted by Gasteiger charge is -2.16. The van der Waals surface area contributed by atoms with Gasteiger partial charge < -0.3 is 20.1 Å². The second-order valence-electron chi connectivity index (χ2n) is 3.55. The van der Waals surface area contributed by atoms with Gasteiger partial charge in [0, 0.05) is 13.1 Å². The molecule has 17 heavy (non-hydrogen) atoms. The molecule has 0 aliphatic rings. The third kappa shape index (κ3) is 3.27. The molecule has 1 aromatic carbocycles. The van der Waals surface area contributed by atoms with Crippen LogP contribution >= 0.6 is 0 Å². The van der Waals surface area contributed by atoms with E-state index in [-0.39, 0.29) is 11.9 Å². The Kier molecular flexibility index (Phi) is 4.63. The summed E-state index contributed by atoms with van der Waals surface area (Å²) < 4.78 is 10.3. The first kappa shape index (κ1) is 13.2. The molecule has 0 bridgehead atoms. The lowest BCUT2D eigenvalue weighted by molar-refractivity contribution is -0.121. The first-order valence-electron chi connectivity index (χ1n) is 5.32. The molecule has 0 spiro atoms. The fourth-order valence-electron chi connectivity index (χ4n) is 1.43. The van der Waals surface area contributed by atoms with Gasteiger partial charge in [-0.3, -0.25) is 4.79 Å². The molecule has 0 aliphatic carbocycles. The van der Waals surface area contributed by atoms with Crippen LogP contribution in [0.25, 0.3) is 0 Å². The number of hydrogen-bond acceptors (Lipinski definition) is 4. The van der Waals surface area contributed by atoms with Crippen molar-refractivity contribution >= 4 is 11.6 Å². The van der Waals surface area contributed by atoms with Crippen LogP contribution < -0.4 is 20.1 Å². The summed E-state index contributed by atoms with van der Waals surface area (Å²) in [5.74, 6) is 1.27. The van der Waals surface area contributed by atoms with Gasteiger partial charge in [-0.25, -0.2) is 0 Å². The number of amides is 1. The topological polar surface area (TPSA) is 59.6 Å². The molecule has 1 rings (SSSR count). The fraction of sp³-hybridized carbons (Fsp3) is 0.417. The zero-order valence-corrected chi connectivity index (χ0v) is 10.5. The van der Waals surface area contributed by atoms with Crippen LogP contribution in [0.1, 0.15) is 6.92 Å². The van der Waals surface area contributed by atoms with Crippen LogP contribution in [0.3, 0.4) is 0 Å². The van der Waals surface area contributed by atoms with Crippen LogP contribution in [0.4, 0.5) is 5.69 Å². The molecule has 1 atom stereocenters. The minimum Gasteiger partial charge on any atom is -0.497 e. The molecule has 1 aromatic rings. The van der Waals surface area contributed by atoms with Gasteiger partial charge in [0.2, 0.25) is 5.91 Å². The summed E-state index contributed by atoms with van der Waals surface area (Å²) >= 11 is 0. The SMILES string of the molecule is CNC(=O)C(C)Nc1ccc(OC)cc1OC. The van der Waals surface area contributed by atoms with Gasteiger partial charge in [-0.15, -0.1) is 0 Å². The Hall–Kier alpha value is -1.91. The number of carbonyl (C=O) groups is 1. The van der Waals surface area contributed by atoms with Crippen molar-refractivity contribution in [2.45, 2.75) is 13.0 Å². The third-order valence-electron chi connectivity index (χ3n) is 2.42. The van der Waals surface area contributed by atoms with Crippen molar-refractivity contribution < 1.29 is 14.3 Å². The maximum absolute atomic E-state index is 11.4. The summed E-state index contributed by atoms with van der Waals surface area (Å²) in [6.45, 7) is 1.78. The Labute approximate surface area is 101 Å². The molecule has 0 radical (unpaired) electrons. The number of hydrogen-bond donors (Lipinski definition) is 2. The van der Waals surface area contributed by atoms with E-state index < -0.39 is 0 Å². The molecule has 0 saturated carbocycles. The Morgan fingerprint density at radius 1 is 1.29 bits per heavy atom. The highest BCUT2D eigenvalue weighted by Gasteiger charge is 2.13. The first-order valence-corrected chi connectivity index (χ1v) is 5.32. The molecule has 5 nitrogen and oxygen atoms in total. The number of nitrogens with one attached hydrogen (secondary N) is 2. The summed E-state index contributed by atoms with van der Waals surface area (Å²) in [7, 11) is 4.77. The molecule has 0 aliphatic heterocycles. The number of methoxy groups -OCH3 is 2. The quantitative estimate of drug-likeness (QED) is 0.810. The normalized spacial score (nSPS) is 11.5. The van der Waals surface area contributed by atoms with Gasteiger partial charge in [0.05, 0.1) is 19.9 Å².